The third-order valence-electron chi connectivity index (χ3n) is 5.67. The van der Waals surface area contributed by atoms with Crippen LogP contribution in [0.25, 0.3) is 11.1 Å². The molecule has 2 fully saturated rings. The molecule has 0 bridgehead atoms. The molecule has 2 N–H and O–H groups in total. The summed E-state index contributed by atoms with van der Waals surface area (Å²) in [5, 5.41) is 5.02. The molecule has 0 aromatic carbocycles. The lowest BCUT2D eigenvalue weighted by Crippen LogP contribution is -2.51. The number of carbonyl (C=O) groups is 1. The zero-order chi connectivity index (χ0) is 18.3. The van der Waals surface area contributed by atoms with Crippen LogP contribution in [0.4, 0.5) is 0 Å². The molecule has 1 aliphatic carbocycles. The number of piperidine rings is 1. The first-order chi connectivity index (χ1) is 12.6. The molecule has 2 aromatic rings. The maximum absolute atomic E-state index is 13.6. The lowest BCUT2D eigenvalue weighted by molar-refractivity contribution is 0.0585. The molecule has 1 saturated heterocycles. The molecular formula is C20H29ClN4O2. The van der Waals surface area contributed by atoms with Crippen LogP contribution >= 0.6 is 12.4 Å². The number of halogens is 1. The monoisotopic (exact) mass is 392 g/mol. The highest BCUT2D eigenvalue weighted by molar-refractivity contribution is 6.06. The Morgan fingerprint density at radius 2 is 2.15 bits per heavy atom. The van der Waals surface area contributed by atoms with E-state index in [1.807, 2.05) is 17.9 Å². The second kappa shape index (κ2) is 8.15. The van der Waals surface area contributed by atoms with Crippen molar-refractivity contribution in [3.05, 3.63) is 23.0 Å². The fourth-order valence-corrected chi connectivity index (χ4v) is 4.10. The van der Waals surface area contributed by atoms with E-state index in [9.17, 15) is 4.79 Å². The maximum Gasteiger partial charge on any atom is 0.259 e. The van der Waals surface area contributed by atoms with Crippen molar-refractivity contribution in [3.8, 4) is 0 Å². The molecule has 4 rings (SSSR count). The van der Waals surface area contributed by atoms with E-state index in [1.54, 1.807) is 0 Å². The minimum absolute atomic E-state index is 0. The van der Waals surface area contributed by atoms with E-state index in [0.717, 1.165) is 68.3 Å². The van der Waals surface area contributed by atoms with E-state index in [0.29, 0.717) is 17.2 Å². The maximum atomic E-state index is 13.6. The Kier molecular flexibility index (Phi) is 6.06. The number of aromatic nitrogens is 2. The predicted molar refractivity (Wildman–Crippen MR) is 107 cm³/mol. The molecule has 2 aromatic heterocycles. The van der Waals surface area contributed by atoms with E-state index in [-0.39, 0.29) is 30.4 Å². The number of aryl methyl sites for hydroxylation is 1. The average molecular weight is 393 g/mol. The van der Waals surface area contributed by atoms with E-state index >= 15 is 0 Å². The van der Waals surface area contributed by atoms with Gasteiger partial charge in [0.15, 0.2) is 0 Å². The van der Waals surface area contributed by atoms with Crippen LogP contribution in [0.2, 0.25) is 0 Å². The van der Waals surface area contributed by atoms with Gasteiger partial charge >= 0.3 is 0 Å². The average Bonchev–Trinajstić information content (AvgIpc) is 3.43. The molecule has 7 heteroatoms. The Morgan fingerprint density at radius 3 is 2.81 bits per heavy atom. The Morgan fingerprint density at radius 1 is 1.37 bits per heavy atom. The van der Waals surface area contributed by atoms with Gasteiger partial charge in [0.05, 0.1) is 16.6 Å². The highest BCUT2D eigenvalue weighted by Gasteiger charge is 2.34. The summed E-state index contributed by atoms with van der Waals surface area (Å²) in [5.74, 6) is 0.512. The Hall–Kier alpha value is -1.66. The SMILES string of the molecule is CCCc1noc2nc(C3CC3)cc(C(=O)N3CCCCC3C(C)N)c12.Cl. The van der Waals surface area contributed by atoms with Crippen molar-refractivity contribution < 1.29 is 9.32 Å². The van der Waals surface area contributed by atoms with Crippen molar-refractivity contribution in [2.45, 2.75) is 76.8 Å². The van der Waals surface area contributed by atoms with Crippen LogP contribution in [0.3, 0.4) is 0 Å². The lowest BCUT2D eigenvalue weighted by Gasteiger charge is -2.38. The zero-order valence-electron chi connectivity index (χ0n) is 16.1. The van der Waals surface area contributed by atoms with E-state index in [1.165, 1.54) is 0 Å². The summed E-state index contributed by atoms with van der Waals surface area (Å²) in [6.45, 7) is 4.86. The van der Waals surface area contributed by atoms with Crippen molar-refractivity contribution in [2.75, 3.05) is 6.54 Å². The van der Waals surface area contributed by atoms with Gasteiger partial charge in [-0.3, -0.25) is 4.79 Å². The summed E-state index contributed by atoms with van der Waals surface area (Å²) in [6.07, 6.45) is 7.13. The molecule has 6 nitrogen and oxygen atoms in total. The summed E-state index contributed by atoms with van der Waals surface area (Å²) < 4.78 is 5.52. The molecule has 27 heavy (non-hydrogen) atoms. The second-order valence-electron chi connectivity index (χ2n) is 7.85. The van der Waals surface area contributed by atoms with E-state index < -0.39 is 0 Å². The van der Waals surface area contributed by atoms with Gasteiger partial charge in [0.1, 0.15) is 0 Å². The van der Waals surface area contributed by atoms with Crippen molar-refractivity contribution >= 4 is 29.4 Å². The van der Waals surface area contributed by atoms with Crippen molar-refractivity contribution in [3.63, 3.8) is 0 Å². The summed E-state index contributed by atoms with van der Waals surface area (Å²) >= 11 is 0. The summed E-state index contributed by atoms with van der Waals surface area (Å²) in [4.78, 5) is 20.2. The molecule has 0 radical (unpaired) electrons. The zero-order valence-corrected chi connectivity index (χ0v) is 16.9. The predicted octanol–water partition coefficient (Wildman–Crippen LogP) is 3.82. The van der Waals surface area contributed by atoms with Gasteiger partial charge in [0, 0.05) is 30.2 Å². The lowest BCUT2D eigenvalue weighted by atomic mass is 9.95. The highest BCUT2D eigenvalue weighted by atomic mass is 35.5. The molecular weight excluding hydrogens is 364 g/mol. The Labute approximate surface area is 166 Å². The molecule has 3 heterocycles. The van der Waals surface area contributed by atoms with Crippen LogP contribution in [-0.4, -0.2) is 39.6 Å². The fraction of sp³-hybridized carbons (Fsp3) is 0.650. The largest absolute Gasteiger partial charge is 0.336 e. The summed E-state index contributed by atoms with van der Waals surface area (Å²) in [6, 6.07) is 2.06. The summed E-state index contributed by atoms with van der Waals surface area (Å²) in [7, 11) is 0. The van der Waals surface area contributed by atoms with Gasteiger partial charge in [-0.25, -0.2) is 4.98 Å². The minimum Gasteiger partial charge on any atom is -0.336 e. The number of fused-ring (bicyclic) bond motifs is 1. The first-order valence-electron chi connectivity index (χ1n) is 9.96. The highest BCUT2D eigenvalue weighted by Crippen LogP contribution is 2.41. The number of carbonyl (C=O) groups excluding carboxylic acids is 1. The Balaban J connectivity index is 0.00000210. The fourth-order valence-electron chi connectivity index (χ4n) is 4.10. The number of hydrogen-bond acceptors (Lipinski definition) is 5. The van der Waals surface area contributed by atoms with Gasteiger partial charge in [0.25, 0.3) is 11.6 Å². The molecule has 148 valence electrons. The van der Waals surface area contributed by atoms with Crippen molar-refractivity contribution in [1.29, 1.82) is 0 Å². The van der Waals surface area contributed by atoms with Crippen LogP contribution in [0.15, 0.2) is 10.6 Å². The van der Waals surface area contributed by atoms with Gasteiger partial charge < -0.3 is 15.2 Å². The Bertz CT molecular complexity index is 816. The van der Waals surface area contributed by atoms with Gasteiger partial charge in [-0.05, 0) is 51.5 Å². The smallest absolute Gasteiger partial charge is 0.259 e. The number of rotatable bonds is 5. The third-order valence-corrected chi connectivity index (χ3v) is 5.67. The number of amides is 1. The normalized spacial score (nSPS) is 21.1. The summed E-state index contributed by atoms with van der Waals surface area (Å²) in [5.41, 5.74) is 9.22. The van der Waals surface area contributed by atoms with Crippen molar-refractivity contribution in [1.82, 2.24) is 15.0 Å². The number of nitrogens with two attached hydrogens (primary N) is 1. The number of hydrogen-bond donors (Lipinski definition) is 1. The van der Waals surface area contributed by atoms with Gasteiger partial charge in [-0.1, -0.05) is 18.5 Å². The van der Waals surface area contributed by atoms with Crippen molar-refractivity contribution in [2.24, 2.45) is 5.73 Å². The minimum atomic E-state index is -0.0305. The first kappa shape index (κ1) is 20.1. The van der Waals surface area contributed by atoms with Gasteiger partial charge in [0.2, 0.25) is 0 Å². The van der Waals surface area contributed by atoms with Crippen LogP contribution in [0.5, 0.6) is 0 Å². The molecule has 1 saturated carbocycles. The molecule has 1 amide bonds. The molecule has 2 unspecified atom stereocenters. The molecule has 2 atom stereocenters. The quantitative estimate of drug-likeness (QED) is 0.835. The van der Waals surface area contributed by atoms with Crippen LogP contribution in [0, 0.1) is 0 Å². The number of nitrogens with zero attached hydrogens (tertiary/aromatic N) is 3. The molecule has 0 spiro atoms. The van der Waals surface area contributed by atoms with E-state index in [2.05, 4.69) is 17.1 Å². The third kappa shape index (κ3) is 3.83. The van der Waals surface area contributed by atoms with Crippen LogP contribution < -0.4 is 5.73 Å². The van der Waals surface area contributed by atoms with Gasteiger partial charge in [-0.2, -0.15) is 0 Å². The molecule has 2 aliphatic rings. The first-order valence-corrected chi connectivity index (χ1v) is 9.96. The topological polar surface area (TPSA) is 85.2 Å². The second-order valence-corrected chi connectivity index (χ2v) is 7.85. The number of likely N-dealkylation sites (tertiary alicyclic amines) is 1. The molecule has 1 aliphatic heterocycles. The van der Waals surface area contributed by atoms with Gasteiger partial charge in [-0.15, -0.1) is 12.4 Å². The van der Waals surface area contributed by atoms with Crippen LogP contribution in [-0.2, 0) is 6.42 Å². The van der Waals surface area contributed by atoms with Crippen LogP contribution in [0.1, 0.15) is 80.0 Å². The van der Waals surface area contributed by atoms with E-state index in [4.69, 9.17) is 10.3 Å². The number of pyridine rings is 1. The standard InChI is InChI=1S/C20H28N4O2.ClH/c1-3-6-15-18-14(11-16(13-8-9-13)22-19(18)26-23-15)20(25)24-10-5-4-7-17(24)12(2)21;/h11-13,17H,3-10,21H2,1-2H3;1H.